The van der Waals surface area contributed by atoms with Gasteiger partial charge in [-0.05, 0) is 67.6 Å². The number of amides is 1. The zero-order valence-corrected chi connectivity index (χ0v) is 15.6. The predicted octanol–water partition coefficient (Wildman–Crippen LogP) is 3.75. The molecule has 26 heavy (non-hydrogen) atoms. The van der Waals surface area contributed by atoms with Crippen LogP contribution in [-0.2, 0) is 5.75 Å². The third-order valence-electron chi connectivity index (χ3n) is 6.34. The number of nitrogens with zero attached hydrogens (tertiary/aromatic N) is 3. The van der Waals surface area contributed by atoms with E-state index in [9.17, 15) is 4.79 Å². The highest BCUT2D eigenvalue weighted by atomic mass is 32.2. The van der Waals surface area contributed by atoms with E-state index in [0.717, 1.165) is 40.8 Å². The molecule has 1 aromatic heterocycles. The van der Waals surface area contributed by atoms with Crippen LogP contribution in [0.3, 0.4) is 0 Å². The molecule has 1 amide bonds. The molecule has 2 aromatic rings. The molecule has 2 saturated carbocycles. The summed E-state index contributed by atoms with van der Waals surface area (Å²) < 4.78 is 0. The second-order valence-corrected chi connectivity index (χ2v) is 9.13. The third kappa shape index (κ3) is 3.15. The second-order valence-electron chi connectivity index (χ2n) is 8.16. The van der Waals surface area contributed by atoms with Crippen molar-refractivity contribution in [1.29, 1.82) is 0 Å². The van der Waals surface area contributed by atoms with Crippen LogP contribution in [0.15, 0.2) is 35.7 Å². The number of nitrogens with one attached hydrogen (secondary N) is 1. The Labute approximate surface area is 158 Å². The van der Waals surface area contributed by atoms with Crippen LogP contribution in [-0.4, -0.2) is 38.6 Å². The van der Waals surface area contributed by atoms with Gasteiger partial charge in [-0.1, -0.05) is 23.9 Å². The van der Waals surface area contributed by atoms with Crippen LogP contribution in [0.4, 0.5) is 0 Å². The van der Waals surface area contributed by atoms with Crippen molar-refractivity contribution in [3.8, 4) is 0 Å². The quantitative estimate of drug-likeness (QED) is 0.835. The van der Waals surface area contributed by atoms with E-state index in [-0.39, 0.29) is 5.91 Å². The molecule has 5 nitrogen and oxygen atoms in total. The van der Waals surface area contributed by atoms with E-state index in [1.165, 1.54) is 44.0 Å². The van der Waals surface area contributed by atoms with Crippen molar-refractivity contribution in [3.63, 3.8) is 0 Å². The molecule has 2 unspecified atom stereocenters. The minimum Gasteiger partial charge on any atom is -0.335 e. The Hall–Kier alpha value is -1.82. The molecule has 1 N–H and O–H groups in total. The number of H-pyrrole nitrogens is 1. The van der Waals surface area contributed by atoms with Crippen molar-refractivity contribution in [2.75, 3.05) is 6.54 Å². The van der Waals surface area contributed by atoms with Crippen LogP contribution in [0.5, 0.6) is 0 Å². The number of aromatic nitrogens is 3. The van der Waals surface area contributed by atoms with Gasteiger partial charge >= 0.3 is 0 Å². The van der Waals surface area contributed by atoms with Gasteiger partial charge in [0.15, 0.2) is 5.16 Å². The standard InChI is InChI=1S/C20H24N4OS/c25-19(24-10-16-6-14-5-15(7-16)9-18(24)8-14)17-3-1-13(2-4-17)11-26-20-21-12-22-23-20/h1-4,12,14-16,18H,5-11H2,(H,21,22,23)/t14-,15+,16?,18?. The van der Waals surface area contributed by atoms with Crippen LogP contribution in [0.1, 0.15) is 48.0 Å². The lowest BCUT2D eigenvalue weighted by molar-refractivity contribution is 0.0632. The summed E-state index contributed by atoms with van der Waals surface area (Å²) in [6.45, 7) is 0.972. The molecule has 2 aliphatic carbocycles. The first kappa shape index (κ1) is 16.4. The number of carbonyl (C=O) groups excluding carboxylic acids is 1. The smallest absolute Gasteiger partial charge is 0.254 e. The van der Waals surface area contributed by atoms with E-state index in [0.29, 0.717) is 6.04 Å². The van der Waals surface area contributed by atoms with Crippen molar-refractivity contribution in [1.82, 2.24) is 20.1 Å². The monoisotopic (exact) mass is 368 g/mol. The van der Waals surface area contributed by atoms with Crippen molar-refractivity contribution in [3.05, 3.63) is 41.7 Å². The molecule has 4 fully saturated rings. The van der Waals surface area contributed by atoms with Gasteiger partial charge in [0.25, 0.3) is 5.91 Å². The van der Waals surface area contributed by atoms with Gasteiger partial charge in [0, 0.05) is 23.9 Å². The highest BCUT2D eigenvalue weighted by Crippen LogP contribution is 2.47. The maximum absolute atomic E-state index is 13.2. The van der Waals surface area contributed by atoms with Gasteiger partial charge in [0.1, 0.15) is 6.33 Å². The number of hydrogen-bond acceptors (Lipinski definition) is 4. The zero-order valence-electron chi connectivity index (χ0n) is 14.8. The van der Waals surface area contributed by atoms with Crippen LogP contribution < -0.4 is 0 Å². The maximum atomic E-state index is 13.2. The first-order valence-electron chi connectivity index (χ1n) is 9.62. The van der Waals surface area contributed by atoms with Crippen LogP contribution in [0, 0.1) is 17.8 Å². The topological polar surface area (TPSA) is 61.9 Å². The van der Waals surface area contributed by atoms with E-state index < -0.39 is 0 Å². The van der Waals surface area contributed by atoms with Gasteiger partial charge in [-0.3, -0.25) is 9.89 Å². The fourth-order valence-electron chi connectivity index (χ4n) is 5.36. The molecule has 6 rings (SSSR count). The number of aromatic amines is 1. The number of fused-ring (bicyclic) bond motifs is 1. The molecule has 3 heterocycles. The van der Waals surface area contributed by atoms with Gasteiger partial charge in [-0.2, -0.15) is 5.10 Å². The van der Waals surface area contributed by atoms with Crippen molar-refractivity contribution in [2.24, 2.45) is 17.8 Å². The highest BCUT2D eigenvalue weighted by Gasteiger charge is 2.44. The Bertz CT molecular complexity index is 762. The number of carbonyl (C=O) groups is 1. The zero-order chi connectivity index (χ0) is 17.5. The van der Waals surface area contributed by atoms with E-state index in [1.54, 1.807) is 11.8 Å². The Morgan fingerprint density at radius 1 is 1.08 bits per heavy atom. The first-order valence-corrected chi connectivity index (χ1v) is 10.6. The van der Waals surface area contributed by atoms with E-state index >= 15 is 0 Å². The molecule has 6 heteroatoms. The number of thioether (sulfide) groups is 1. The molecule has 0 radical (unpaired) electrons. The summed E-state index contributed by atoms with van der Waals surface area (Å²) >= 11 is 1.62. The van der Waals surface area contributed by atoms with Gasteiger partial charge in [-0.25, -0.2) is 4.98 Å². The summed E-state index contributed by atoms with van der Waals surface area (Å²) in [5.74, 6) is 3.52. The molecule has 1 aromatic carbocycles. The molecule has 4 atom stereocenters. The van der Waals surface area contributed by atoms with Gasteiger partial charge in [-0.15, -0.1) is 0 Å². The van der Waals surface area contributed by atoms with Gasteiger partial charge < -0.3 is 4.90 Å². The van der Waals surface area contributed by atoms with Crippen LogP contribution in [0.25, 0.3) is 0 Å². The van der Waals surface area contributed by atoms with E-state index in [1.807, 2.05) is 12.1 Å². The largest absolute Gasteiger partial charge is 0.335 e. The van der Waals surface area contributed by atoms with Crippen molar-refractivity contribution >= 4 is 17.7 Å². The predicted molar refractivity (Wildman–Crippen MR) is 101 cm³/mol. The fourth-order valence-corrected chi connectivity index (χ4v) is 6.09. The lowest BCUT2D eigenvalue weighted by Crippen LogP contribution is -2.42. The molecule has 2 saturated heterocycles. The van der Waals surface area contributed by atoms with Gasteiger partial charge in [0.05, 0.1) is 0 Å². The molecule has 4 bridgehead atoms. The highest BCUT2D eigenvalue weighted by molar-refractivity contribution is 7.98. The molecule has 136 valence electrons. The third-order valence-corrected chi connectivity index (χ3v) is 7.28. The molecule has 4 aliphatic rings. The van der Waals surface area contributed by atoms with Crippen molar-refractivity contribution in [2.45, 2.75) is 49.1 Å². The summed E-state index contributed by atoms with van der Waals surface area (Å²) in [5.41, 5.74) is 2.03. The van der Waals surface area contributed by atoms with Crippen LogP contribution >= 0.6 is 11.8 Å². The molecular formula is C20H24N4OS. The lowest BCUT2D eigenvalue weighted by Gasteiger charge is -2.39. The van der Waals surface area contributed by atoms with Gasteiger partial charge in [0.2, 0.25) is 0 Å². The summed E-state index contributed by atoms with van der Waals surface area (Å²) in [7, 11) is 0. The van der Waals surface area contributed by atoms with E-state index in [4.69, 9.17) is 0 Å². The first-order chi connectivity index (χ1) is 12.7. The summed E-state index contributed by atoms with van der Waals surface area (Å²) in [6.07, 6.45) is 8.07. The number of rotatable bonds is 4. The molecule has 2 aliphatic heterocycles. The summed E-state index contributed by atoms with van der Waals surface area (Å²) in [5, 5.41) is 7.53. The SMILES string of the molecule is O=C(c1ccc(CSc2ncn[nH]2)cc1)N1CC2C[C@@H]3CC1C[C@H](C2)C3. The average molecular weight is 369 g/mol. The summed E-state index contributed by atoms with van der Waals surface area (Å²) in [4.78, 5) is 19.5. The number of benzene rings is 1. The summed E-state index contributed by atoms with van der Waals surface area (Å²) in [6, 6.07) is 8.60. The lowest BCUT2D eigenvalue weighted by atomic mass is 9.68. The molecule has 0 spiro atoms. The Morgan fingerprint density at radius 2 is 1.81 bits per heavy atom. The minimum absolute atomic E-state index is 0.234. The fraction of sp³-hybridized carbons (Fsp3) is 0.550. The Morgan fingerprint density at radius 3 is 2.50 bits per heavy atom. The average Bonchev–Trinajstić information content (AvgIpc) is 3.09. The van der Waals surface area contributed by atoms with Crippen molar-refractivity contribution < 1.29 is 4.79 Å². The Balaban J connectivity index is 1.28. The molecular weight excluding hydrogens is 344 g/mol. The Kier molecular flexibility index (Phi) is 4.23. The van der Waals surface area contributed by atoms with E-state index in [2.05, 4.69) is 32.2 Å². The maximum Gasteiger partial charge on any atom is 0.254 e. The number of hydrogen-bond donors (Lipinski definition) is 1. The normalized spacial score (nSPS) is 29.8. The minimum atomic E-state index is 0.234. The second kappa shape index (κ2) is 6.72. The van der Waals surface area contributed by atoms with Crippen LogP contribution in [0.2, 0.25) is 0 Å².